The van der Waals surface area contributed by atoms with E-state index in [1.54, 1.807) is 22.4 Å². The predicted octanol–water partition coefficient (Wildman–Crippen LogP) is 4.49. The summed E-state index contributed by atoms with van der Waals surface area (Å²) < 4.78 is 0. The average Bonchev–Trinajstić information content (AvgIpc) is 3.30. The number of nitrogens with zero attached hydrogens (tertiary/aromatic N) is 2. The fourth-order valence-corrected chi connectivity index (χ4v) is 4.47. The molecule has 1 fully saturated rings. The van der Waals surface area contributed by atoms with Gasteiger partial charge in [-0.25, -0.2) is 4.98 Å². The summed E-state index contributed by atoms with van der Waals surface area (Å²) >= 11 is 1.56. The van der Waals surface area contributed by atoms with Crippen LogP contribution in [0, 0.1) is 19.8 Å². The third-order valence-corrected chi connectivity index (χ3v) is 5.92. The highest BCUT2D eigenvalue weighted by atomic mass is 32.1. The minimum absolute atomic E-state index is 0.0420. The van der Waals surface area contributed by atoms with Crippen molar-refractivity contribution in [3.63, 3.8) is 0 Å². The third-order valence-electron chi connectivity index (χ3n) is 4.97. The number of thiophene rings is 1. The highest BCUT2D eigenvalue weighted by Crippen LogP contribution is 2.43. The number of hydrogen-bond acceptors (Lipinski definition) is 4. The van der Waals surface area contributed by atoms with Crippen LogP contribution in [0.5, 0.6) is 0 Å². The molecule has 0 unspecified atom stereocenters. The molecule has 1 aliphatic rings. The van der Waals surface area contributed by atoms with E-state index in [0.717, 1.165) is 21.7 Å². The first-order valence-electron chi connectivity index (χ1n) is 9.18. The Labute approximate surface area is 168 Å². The van der Waals surface area contributed by atoms with Crippen molar-refractivity contribution in [2.75, 3.05) is 10.2 Å². The number of hydrogen-bond donors (Lipinski definition) is 1. The van der Waals surface area contributed by atoms with Crippen LogP contribution in [0.25, 0.3) is 0 Å². The first-order valence-corrected chi connectivity index (χ1v) is 10.1. The van der Waals surface area contributed by atoms with Gasteiger partial charge >= 0.3 is 0 Å². The number of pyridine rings is 1. The van der Waals surface area contributed by atoms with E-state index in [2.05, 4.69) is 10.3 Å². The molecule has 1 aliphatic heterocycles. The summed E-state index contributed by atoms with van der Waals surface area (Å²) in [5, 5.41) is 4.87. The minimum atomic E-state index is -0.477. The second-order valence-corrected chi connectivity index (χ2v) is 8.06. The first kappa shape index (κ1) is 18.4. The lowest BCUT2D eigenvalue weighted by molar-refractivity contribution is -0.122. The zero-order chi connectivity index (χ0) is 19.7. The monoisotopic (exact) mass is 391 g/mol. The molecule has 28 heavy (non-hydrogen) atoms. The highest BCUT2D eigenvalue weighted by Gasteiger charge is 2.45. The Morgan fingerprint density at radius 1 is 1.14 bits per heavy atom. The van der Waals surface area contributed by atoms with Gasteiger partial charge in [-0.05, 0) is 55.1 Å². The summed E-state index contributed by atoms with van der Waals surface area (Å²) in [7, 11) is 0. The molecule has 1 saturated heterocycles. The summed E-state index contributed by atoms with van der Waals surface area (Å²) in [5.74, 6) is -0.190. The van der Waals surface area contributed by atoms with Crippen molar-refractivity contribution in [3.05, 3.63) is 76.1 Å². The normalized spacial score (nSPS) is 19.1. The molecule has 0 bridgehead atoms. The number of amides is 2. The fraction of sp³-hybridized carbons (Fsp3) is 0.227. The standard InChI is InChI=1S/C22H21N3O2S/c1-14-5-7-16(8-6-14)25-20(26)13-17(21(25)18-4-3-11-28-18)22(27)24-19-12-15(2)9-10-23-19/h3-12,17,21H,13H2,1-2H3,(H,23,24,27)/t17-,21+/m0/s1. The molecule has 6 heteroatoms. The van der Waals surface area contributed by atoms with Crippen molar-refractivity contribution >= 4 is 34.7 Å². The van der Waals surface area contributed by atoms with Gasteiger partial charge in [0, 0.05) is 23.2 Å². The van der Waals surface area contributed by atoms with Gasteiger partial charge in [0.2, 0.25) is 11.8 Å². The Morgan fingerprint density at radius 2 is 1.93 bits per heavy atom. The maximum Gasteiger partial charge on any atom is 0.231 e. The maximum atomic E-state index is 13.1. The molecule has 0 saturated carbocycles. The van der Waals surface area contributed by atoms with Crippen LogP contribution in [0.3, 0.4) is 0 Å². The van der Waals surface area contributed by atoms with Crippen LogP contribution in [0.15, 0.2) is 60.1 Å². The molecular weight excluding hydrogens is 370 g/mol. The summed E-state index contributed by atoms with van der Waals surface area (Å²) in [4.78, 5) is 33.0. The SMILES string of the molecule is Cc1ccc(N2C(=O)C[C@H](C(=O)Nc3cc(C)ccn3)[C@@H]2c2cccs2)cc1. The topological polar surface area (TPSA) is 62.3 Å². The molecule has 3 heterocycles. The lowest BCUT2D eigenvalue weighted by Gasteiger charge is -2.27. The van der Waals surface area contributed by atoms with Crippen LogP contribution in [0.2, 0.25) is 0 Å². The van der Waals surface area contributed by atoms with Crippen LogP contribution >= 0.6 is 11.3 Å². The van der Waals surface area contributed by atoms with Crippen molar-refractivity contribution in [1.82, 2.24) is 4.98 Å². The van der Waals surface area contributed by atoms with Crippen molar-refractivity contribution in [3.8, 4) is 0 Å². The van der Waals surface area contributed by atoms with Crippen LogP contribution in [0.1, 0.15) is 28.5 Å². The second-order valence-electron chi connectivity index (χ2n) is 7.08. The Balaban J connectivity index is 1.67. The van der Waals surface area contributed by atoms with Gasteiger partial charge in [0.05, 0.1) is 12.0 Å². The average molecular weight is 391 g/mol. The van der Waals surface area contributed by atoms with E-state index >= 15 is 0 Å². The molecule has 1 N–H and O–H groups in total. The quantitative estimate of drug-likeness (QED) is 0.713. The number of carbonyl (C=O) groups is 2. The summed E-state index contributed by atoms with van der Waals surface area (Å²) in [6, 6.07) is 15.2. The lowest BCUT2D eigenvalue weighted by atomic mass is 9.97. The fourth-order valence-electron chi connectivity index (χ4n) is 3.59. The van der Waals surface area contributed by atoms with E-state index in [-0.39, 0.29) is 24.3 Å². The largest absolute Gasteiger partial charge is 0.310 e. The van der Waals surface area contributed by atoms with Crippen LogP contribution in [0.4, 0.5) is 11.5 Å². The lowest BCUT2D eigenvalue weighted by Crippen LogP contribution is -2.32. The number of aromatic nitrogens is 1. The molecule has 0 radical (unpaired) electrons. The molecule has 0 spiro atoms. The minimum Gasteiger partial charge on any atom is -0.310 e. The van der Waals surface area contributed by atoms with Gasteiger partial charge < -0.3 is 10.2 Å². The van der Waals surface area contributed by atoms with Gasteiger partial charge in [-0.3, -0.25) is 9.59 Å². The van der Waals surface area contributed by atoms with Gasteiger partial charge in [0.15, 0.2) is 0 Å². The summed E-state index contributed by atoms with van der Waals surface area (Å²) in [6.07, 6.45) is 1.84. The summed E-state index contributed by atoms with van der Waals surface area (Å²) in [5.41, 5.74) is 2.96. The Hall–Kier alpha value is -2.99. The van der Waals surface area contributed by atoms with Gasteiger partial charge in [0.1, 0.15) is 5.82 Å². The smallest absolute Gasteiger partial charge is 0.231 e. The van der Waals surface area contributed by atoms with E-state index in [9.17, 15) is 9.59 Å². The van der Waals surface area contributed by atoms with E-state index in [1.165, 1.54) is 0 Å². The van der Waals surface area contributed by atoms with Crippen molar-refractivity contribution < 1.29 is 9.59 Å². The van der Waals surface area contributed by atoms with Crippen molar-refractivity contribution in [2.24, 2.45) is 5.92 Å². The molecule has 2 aromatic heterocycles. The highest BCUT2D eigenvalue weighted by molar-refractivity contribution is 7.10. The van der Waals surface area contributed by atoms with E-state index < -0.39 is 5.92 Å². The molecule has 2 atom stereocenters. The molecule has 4 rings (SSSR count). The van der Waals surface area contributed by atoms with E-state index in [4.69, 9.17) is 0 Å². The van der Waals surface area contributed by atoms with Crippen LogP contribution in [-0.4, -0.2) is 16.8 Å². The Kier molecular flexibility index (Phi) is 4.96. The molecule has 2 amide bonds. The Morgan fingerprint density at radius 3 is 2.61 bits per heavy atom. The van der Waals surface area contributed by atoms with E-state index in [0.29, 0.717) is 5.82 Å². The van der Waals surface area contributed by atoms with Gasteiger partial charge in [-0.15, -0.1) is 11.3 Å². The van der Waals surface area contributed by atoms with E-state index in [1.807, 2.05) is 67.8 Å². The summed E-state index contributed by atoms with van der Waals surface area (Å²) in [6.45, 7) is 3.96. The molecule has 0 aliphatic carbocycles. The third kappa shape index (κ3) is 3.55. The zero-order valence-electron chi connectivity index (χ0n) is 15.8. The predicted molar refractivity (Wildman–Crippen MR) is 111 cm³/mol. The van der Waals surface area contributed by atoms with Crippen LogP contribution < -0.4 is 10.2 Å². The number of carbonyl (C=O) groups excluding carboxylic acids is 2. The molecule has 5 nitrogen and oxygen atoms in total. The second kappa shape index (κ2) is 7.56. The Bertz CT molecular complexity index is 999. The zero-order valence-corrected chi connectivity index (χ0v) is 16.6. The van der Waals surface area contributed by atoms with Crippen molar-refractivity contribution in [1.29, 1.82) is 0 Å². The number of aryl methyl sites for hydroxylation is 2. The first-order chi connectivity index (χ1) is 13.5. The number of anilines is 2. The molecule has 142 valence electrons. The number of rotatable bonds is 4. The van der Waals surface area contributed by atoms with Crippen LogP contribution in [-0.2, 0) is 9.59 Å². The number of benzene rings is 1. The van der Waals surface area contributed by atoms with Gasteiger partial charge in [-0.1, -0.05) is 23.8 Å². The molecule has 1 aromatic carbocycles. The van der Waals surface area contributed by atoms with Gasteiger partial charge in [-0.2, -0.15) is 0 Å². The molecular formula is C22H21N3O2S. The van der Waals surface area contributed by atoms with Gasteiger partial charge in [0.25, 0.3) is 0 Å². The maximum absolute atomic E-state index is 13.1. The van der Waals surface area contributed by atoms with Crippen molar-refractivity contribution in [2.45, 2.75) is 26.3 Å². The molecule has 3 aromatic rings. The number of nitrogens with one attached hydrogen (secondary N) is 1.